The maximum absolute atomic E-state index is 5.26. The zero-order chi connectivity index (χ0) is 12.1. The Morgan fingerprint density at radius 3 is 2.94 bits per heavy atom. The molecule has 2 rings (SSSR count). The molecule has 1 N–H and O–H groups in total. The molecule has 0 radical (unpaired) electrons. The molecule has 17 heavy (non-hydrogen) atoms. The first kappa shape index (κ1) is 12.0. The molecule has 0 spiro atoms. The third-order valence-electron chi connectivity index (χ3n) is 2.27. The minimum Gasteiger partial charge on any atom is -0.440 e. The SMILES string of the molecule is Cc1cccc(NCCSc2nc(C)co2)c1. The fraction of sp³-hybridized carbons (Fsp3) is 0.308. The Labute approximate surface area is 106 Å². The summed E-state index contributed by atoms with van der Waals surface area (Å²) >= 11 is 1.62. The summed E-state index contributed by atoms with van der Waals surface area (Å²) in [5.41, 5.74) is 3.36. The van der Waals surface area contributed by atoms with Crippen LogP contribution in [0.5, 0.6) is 0 Å². The molecule has 0 unspecified atom stereocenters. The Morgan fingerprint density at radius 1 is 1.35 bits per heavy atom. The highest BCUT2D eigenvalue weighted by molar-refractivity contribution is 7.99. The van der Waals surface area contributed by atoms with Crippen molar-refractivity contribution in [1.82, 2.24) is 4.98 Å². The number of nitrogens with one attached hydrogen (secondary N) is 1. The lowest BCUT2D eigenvalue weighted by molar-refractivity contribution is 0.454. The van der Waals surface area contributed by atoms with Gasteiger partial charge in [-0.05, 0) is 31.5 Å². The second-order valence-corrected chi connectivity index (χ2v) is 4.95. The quantitative estimate of drug-likeness (QED) is 0.649. The van der Waals surface area contributed by atoms with Crippen LogP contribution in [0.25, 0.3) is 0 Å². The molecule has 3 nitrogen and oxygen atoms in total. The van der Waals surface area contributed by atoms with Gasteiger partial charge >= 0.3 is 0 Å². The van der Waals surface area contributed by atoms with Crippen molar-refractivity contribution in [2.45, 2.75) is 19.1 Å². The first-order valence-corrected chi connectivity index (χ1v) is 6.58. The van der Waals surface area contributed by atoms with Gasteiger partial charge in [0.15, 0.2) is 0 Å². The van der Waals surface area contributed by atoms with Crippen molar-refractivity contribution >= 4 is 17.4 Å². The van der Waals surface area contributed by atoms with Crippen LogP contribution in [0.2, 0.25) is 0 Å². The van der Waals surface area contributed by atoms with Crippen LogP contribution >= 0.6 is 11.8 Å². The molecule has 0 saturated heterocycles. The molecular weight excluding hydrogens is 232 g/mol. The molecule has 0 aliphatic rings. The van der Waals surface area contributed by atoms with Crippen LogP contribution in [-0.4, -0.2) is 17.3 Å². The van der Waals surface area contributed by atoms with E-state index in [0.29, 0.717) is 0 Å². The first-order chi connectivity index (χ1) is 8.24. The Morgan fingerprint density at radius 2 is 2.24 bits per heavy atom. The Kier molecular flexibility index (Phi) is 4.09. The van der Waals surface area contributed by atoms with Gasteiger partial charge in [0.1, 0.15) is 6.26 Å². The average Bonchev–Trinajstić information content (AvgIpc) is 2.71. The summed E-state index contributed by atoms with van der Waals surface area (Å²) in [5.74, 6) is 0.938. The summed E-state index contributed by atoms with van der Waals surface area (Å²) in [6.45, 7) is 4.92. The second kappa shape index (κ2) is 5.77. The molecule has 4 heteroatoms. The van der Waals surface area contributed by atoms with E-state index in [9.17, 15) is 0 Å². The molecule has 1 aromatic heterocycles. The summed E-state index contributed by atoms with van der Waals surface area (Å²) in [6, 6.07) is 8.37. The van der Waals surface area contributed by atoms with Gasteiger partial charge in [-0.1, -0.05) is 23.9 Å². The van der Waals surface area contributed by atoms with Gasteiger partial charge in [-0.15, -0.1) is 0 Å². The van der Waals surface area contributed by atoms with Gasteiger partial charge in [0, 0.05) is 18.0 Å². The summed E-state index contributed by atoms with van der Waals surface area (Å²) < 4.78 is 5.26. The fourth-order valence-corrected chi connectivity index (χ4v) is 2.19. The number of anilines is 1. The monoisotopic (exact) mass is 248 g/mol. The summed E-state index contributed by atoms with van der Waals surface area (Å²) in [4.78, 5) is 4.24. The van der Waals surface area contributed by atoms with E-state index in [1.807, 2.05) is 6.92 Å². The zero-order valence-corrected chi connectivity index (χ0v) is 10.9. The minimum absolute atomic E-state index is 0.744. The van der Waals surface area contributed by atoms with E-state index in [2.05, 4.69) is 41.5 Å². The van der Waals surface area contributed by atoms with Gasteiger partial charge in [0.25, 0.3) is 5.22 Å². The maximum atomic E-state index is 5.26. The van der Waals surface area contributed by atoms with E-state index in [1.165, 1.54) is 5.56 Å². The van der Waals surface area contributed by atoms with E-state index >= 15 is 0 Å². The lowest BCUT2D eigenvalue weighted by atomic mass is 10.2. The molecule has 1 aromatic carbocycles. The number of aryl methyl sites for hydroxylation is 2. The van der Waals surface area contributed by atoms with Crippen molar-refractivity contribution in [3.63, 3.8) is 0 Å². The Hall–Kier alpha value is -1.42. The maximum Gasteiger partial charge on any atom is 0.255 e. The highest BCUT2D eigenvalue weighted by Gasteiger charge is 2.00. The molecule has 90 valence electrons. The molecule has 0 atom stereocenters. The van der Waals surface area contributed by atoms with E-state index in [4.69, 9.17) is 4.42 Å². The molecule has 0 saturated carbocycles. The normalized spacial score (nSPS) is 10.5. The van der Waals surface area contributed by atoms with Gasteiger partial charge in [0.05, 0.1) is 5.69 Å². The number of thioether (sulfide) groups is 1. The Bertz CT molecular complexity index is 482. The molecule has 2 aromatic rings. The van der Waals surface area contributed by atoms with Crippen molar-refractivity contribution in [2.75, 3.05) is 17.6 Å². The van der Waals surface area contributed by atoms with Crippen LogP contribution in [0.15, 0.2) is 40.2 Å². The molecule has 0 bridgehead atoms. The van der Waals surface area contributed by atoms with Crippen LogP contribution in [0.1, 0.15) is 11.3 Å². The molecule has 1 heterocycles. The first-order valence-electron chi connectivity index (χ1n) is 5.59. The predicted molar refractivity (Wildman–Crippen MR) is 71.6 cm³/mol. The van der Waals surface area contributed by atoms with Gasteiger partial charge < -0.3 is 9.73 Å². The number of hydrogen-bond donors (Lipinski definition) is 1. The van der Waals surface area contributed by atoms with Crippen molar-refractivity contribution in [3.8, 4) is 0 Å². The standard InChI is InChI=1S/C13H16N2OS/c1-10-4-3-5-12(8-10)14-6-7-17-13-15-11(2)9-16-13/h3-5,8-9,14H,6-7H2,1-2H3. The van der Waals surface area contributed by atoms with Gasteiger partial charge in [0.2, 0.25) is 0 Å². The van der Waals surface area contributed by atoms with E-state index in [1.54, 1.807) is 18.0 Å². The van der Waals surface area contributed by atoms with E-state index in [0.717, 1.165) is 28.9 Å². The molecule has 0 amide bonds. The molecule has 0 aliphatic heterocycles. The summed E-state index contributed by atoms with van der Waals surface area (Å²) in [7, 11) is 0. The highest BCUT2D eigenvalue weighted by atomic mass is 32.2. The van der Waals surface area contributed by atoms with E-state index in [-0.39, 0.29) is 0 Å². The van der Waals surface area contributed by atoms with Crippen LogP contribution in [0.4, 0.5) is 5.69 Å². The Balaban J connectivity index is 1.73. The van der Waals surface area contributed by atoms with Crippen LogP contribution in [0, 0.1) is 13.8 Å². The molecule has 0 fully saturated rings. The minimum atomic E-state index is 0.744. The molecular formula is C13H16N2OS. The van der Waals surface area contributed by atoms with E-state index < -0.39 is 0 Å². The highest BCUT2D eigenvalue weighted by Crippen LogP contribution is 2.16. The van der Waals surface area contributed by atoms with Crippen molar-refractivity contribution < 1.29 is 4.42 Å². The summed E-state index contributed by atoms with van der Waals surface area (Å²) in [5, 5.41) is 4.12. The number of benzene rings is 1. The second-order valence-electron chi connectivity index (χ2n) is 3.90. The van der Waals surface area contributed by atoms with Crippen molar-refractivity contribution in [2.24, 2.45) is 0 Å². The van der Waals surface area contributed by atoms with Crippen LogP contribution in [0.3, 0.4) is 0 Å². The number of rotatable bonds is 5. The predicted octanol–water partition coefficient (Wildman–Crippen LogP) is 3.50. The topological polar surface area (TPSA) is 38.1 Å². The van der Waals surface area contributed by atoms with Gasteiger partial charge in [-0.25, -0.2) is 4.98 Å². The summed E-state index contributed by atoms with van der Waals surface area (Å²) in [6.07, 6.45) is 1.68. The van der Waals surface area contributed by atoms with Crippen LogP contribution < -0.4 is 5.32 Å². The zero-order valence-electron chi connectivity index (χ0n) is 10.1. The van der Waals surface area contributed by atoms with Gasteiger partial charge in [-0.3, -0.25) is 0 Å². The fourth-order valence-electron chi connectivity index (χ4n) is 1.49. The number of oxazole rings is 1. The average molecular weight is 248 g/mol. The number of hydrogen-bond acceptors (Lipinski definition) is 4. The molecule has 0 aliphatic carbocycles. The lowest BCUT2D eigenvalue weighted by Crippen LogP contribution is -2.03. The number of aromatic nitrogens is 1. The smallest absolute Gasteiger partial charge is 0.255 e. The third kappa shape index (κ3) is 3.82. The lowest BCUT2D eigenvalue weighted by Gasteiger charge is -2.05. The number of nitrogens with zero attached hydrogens (tertiary/aromatic N) is 1. The third-order valence-corrected chi connectivity index (χ3v) is 3.12. The van der Waals surface area contributed by atoms with Crippen molar-refractivity contribution in [3.05, 3.63) is 41.8 Å². The largest absolute Gasteiger partial charge is 0.440 e. The van der Waals surface area contributed by atoms with Crippen LogP contribution in [-0.2, 0) is 0 Å². The van der Waals surface area contributed by atoms with Gasteiger partial charge in [-0.2, -0.15) is 0 Å². The van der Waals surface area contributed by atoms with Crippen molar-refractivity contribution in [1.29, 1.82) is 0 Å².